The Morgan fingerprint density at radius 1 is 1.53 bits per heavy atom. The van der Waals surface area contributed by atoms with Gasteiger partial charge in [0.2, 0.25) is 0 Å². The van der Waals surface area contributed by atoms with Gasteiger partial charge in [-0.1, -0.05) is 24.6 Å². The molecule has 19 heavy (non-hydrogen) atoms. The van der Waals surface area contributed by atoms with E-state index in [4.69, 9.17) is 22.1 Å². The van der Waals surface area contributed by atoms with E-state index < -0.39 is 5.60 Å². The van der Waals surface area contributed by atoms with Gasteiger partial charge in [0.25, 0.3) is 0 Å². The van der Waals surface area contributed by atoms with E-state index in [1.165, 1.54) is 0 Å². The van der Waals surface area contributed by atoms with Gasteiger partial charge in [0.15, 0.2) is 0 Å². The largest absolute Gasteiger partial charge is 0.386 e. The minimum absolute atomic E-state index is 0.0233. The van der Waals surface area contributed by atoms with Crippen LogP contribution >= 0.6 is 11.6 Å². The molecule has 3 N–H and O–H groups in total. The first kappa shape index (κ1) is 17.8. The van der Waals surface area contributed by atoms with Crippen LogP contribution in [0.4, 0.5) is 4.53 Å². The molecule has 0 saturated carbocycles. The van der Waals surface area contributed by atoms with Gasteiger partial charge in [-0.05, 0) is 43.5 Å². The Balaban J connectivity index is 0.000000711. The monoisotopic (exact) mass is 291 g/mol. The average Bonchev–Trinajstić information content (AvgIpc) is 2.36. The maximum absolute atomic E-state index is 9.89. The van der Waals surface area contributed by atoms with Crippen LogP contribution in [0.25, 0.3) is 0 Å². The molecule has 0 spiro atoms. The molecule has 0 heterocycles. The van der Waals surface area contributed by atoms with E-state index in [2.05, 4.69) is 4.94 Å². The third-order valence-corrected chi connectivity index (χ3v) is 2.75. The van der Waals surface area contributed by atoms with Crippen LogP contribution in [0.1, 0.15) is 44.4 Å². The van der Waals surface area contributed by atoms with Crippen molar-refractivity contribution in [2.75, 3.05) is 0 Å². The third kappa shape index (κ3) is 6.52. The lowest BCUT2D eigenvalue weighted by molar-refractivity contribution is -0.165. The van der Waals surface area contributed by atoms with Crippen LogP contribution in [0.5, 0.6) is 0 Å². The van der Waals surface area contributed by atoms with Crippen molar-refractivity contribution >= 4 is 18.1 Å². The fraction of sp³-hybridized carbons (Fsp3) is 0.462. The van der Waals surface area contributed by atoms with Crippen molar-refractivity contribution in [2.45, 2.75) is 38.8 Å². The summed E-state index contributed by atoms with van der Waals surface area (Å²) in [5, 5.41) is 10.5. The van der Waals surface area contributed by atoms with E-state index >= 15 is 0 Å². The number of hydrogen-bond donors (Lipinski definition) is 2. The predicted molar refractivity (Wildman–Crippen MR) is 72.2 cm³/mol. The second kappa shape index (κ2) is 8.09. The van der Waals surface area contributed by atoms with Crippen molar-refractivity contribution in [2.24, 2.45) is 5.73 Å². The molecule has 0 aliphatic heterocycles. The number of halogens is 2. The molecule has 0 amide bonds. The Hall–Kier alpha value is -1.17. The zero-order valence-electron chi connectivity index (χ0n) is 11.2. The first-order chi connectivity index (χ1) is 8.76. The molecule has 108 valence electrons. The van der Waals surface area contributed by atoms with E-state index in [9.17, 15) is 9.63 Å². The lowest BCUT2D eigenvalue weighted by atomic mass is 9.94. The normalized spacial score (nSPS) is 12.2. The molecule has 0 aliphatic carbocycles. The van der Waals surface area contributed by atoms with E-state index in [0.29, 0.717) is 5.02 Å². The predicted octanol–water partition coefficient (Wildman–Crippen LogP) is 3.02. The molecular formula is C13H19ClFNO3. The smallest absolute Gasteiger partial charge is 0.337 e. The Morgan fingerprint density at radius 2 is 2.05 bits per heavy atom. The highest BCUT2D eigenvalue weighted by Crippen LogP contribution is 2.27. The fourth-order valence-corrected chi connectivity index (χ4v) is 1.66. The summed E-state index contributed by atoms with van der Waals surface area (Å²) in [7, 11) is 0. The van der Waals surface area contributed by atoms with Crippen LogP contribution in [0.3, 0.4) is 0 Å². The van der Waals surface area contributed by atoms with Crippen molar-refractivity contribution in [1.82, 2.24) is 0 Å². The van der Waals surface area contributed by atoms with Gasteiger partial charge in [-0.3, -0.25) is 9.74 Å². The summed E-state index contributed by atoms with van der Waals surface area (Å²) < 4.78 is 9.85. The highest BCUT2D eigenvalue weighted by Gasteiger charge is 2.18. The summed E-state index contributed by atoms with van der Waals surface area (Å²) in [5.74, 6) is 0. The molecule has 0 radical (unpaired) electrons. The fourth-order valence-electron chi connectivity index (χ4n) is 1.42. The van der Waals surface area contributed by atoms with Gasteiger partial charge in [0.05, 0.1) is 5.60 Å². The number of nitrogens with two attached hydrogens (primary N) is 1. The molecule has 0 aromatic heterocycles. The number of carbonyl (C=O) groups excluding carboxylic acids is 1. The topological polar surface area (TPSA) is 72.5 Å². The molecule has 0 saturated heterocycles. The third-order valence-electron chi connectivity index (χ3n) is 2.53. The molecule has 0 bridgehead atoms. The first-order valence-electron chi connectivity index (χ1n) is 5.76. The summed E-state index contributed by atoms with van der Waals surface area (Å²) in [5.41, 5.74) is 6.83. The molecular weight excluding hydrogens is 273 g/mol. The summed E-state index contributed by atoms with van der Waals surface area (Å²) in [4.78, 5) is 10.9. The molecule has 4 nitrogen and oxygen atoms in total. The van der Waals surface area contributed by atoms with Gasteiger partial charge in [-0.2, -0.15) is 0 Å². The molecule has 6 heteroatoms. The average molecular weight is 292 g/mol. The lowest BCUT2D eigenvalue weighted by Gasteiger charge is -2.20. The van der Waals surface area contributed by atoms with Crippen LogP contribution in [0.2, 0.25) is 5.02 Å². The number of benzene rings is 1. The molecule has 1 rings (SSSR count). The van der Waals surface area contributed by atoms with Crippen molar-refractivity contribution in [1.29, 1.82) is 0 Å². The summed E-state index contributed by atoms with van der Waals surface area (Å²) in [6, 6.07) is 5.52. The lowest BCUT2D eigenvalue weighted by Crippen LogP contribution is -2.17. The van der Waals surface area contributed by atoms with Crippen molar-refractivity contribution < 1.29 is 19.4 Å². The van der Waals surface area contributed by atoms with Gasteiger partial charge < -0.3 is 10.8 Å². The maximum atomic E-state index is 9.89. The second-order valence-electron chi connectivity index (χ2n) is 4.53. The van der Waals surface area contributed by atoms with E-state index in [-0.39, 0.29) is 12.5 Å². The molecule has 1 aromatic carbocycles. The zero-order chi connectivity index (χ0) is 15.1. The number of rotatable bonds is 4. The Labute approximate surface area is 117 Å². The van der Waals surface area contributed by atoms with Gasteiger partial charge in [0.1, 0.15) is 0 Å². The van der Waals surface area contributed by atoms with Gasteiger partial charge >= 0.3 is 6.47 Å². The van der Waals surface area contributed by atoms with E-state index in [0.717, 1.165) is 17.5 Å². The summed E-state index contributed by atoms with van der Waals surface area (Å²) in [6.07, 6.45) is 0.853. The van der Waals surface area contributed by atoms with Crippen LogP contribution < -0.4 is 5.73 Å². The van der Waals surface area contributed by atoms with Crippen LogP contribution in [-0.2, 0) is 15.3 Å². The highest BCUT2D eigenvalue weighted by molar-refractivity contribution is 6.30. The van der Waals surface area contributed by atoms with Gasteiger partial charge in [-0.25, -0.2) is 0 Å². The number of aliphatic hydroxyl groups is 1. The zero-order valence-corrected chi connectivity index (χ0v) is 11.9. The first-order valence-corrected chi connectivity index (χ1v) is 6.14. The van der Waals surface area contributed by atoms with E-state index in [1.807, 2.05) is 19.1 Å². The minimum atomic E-state index is -0.882. The molecule has 1 atom stereocenters. The molecule has 1 unspecified atom stereocenters. The highest BCUT2D eigenvalue weighted by atomic mass is 35.5. The standard InChI is InChI=1S/C12H18ClNO.CHFO2/c1-4-11(14)8-5-9(12(2,3)15)7-10(13)6-8;2-4-1-3/h5-7,11,15H,4,14H2,1-3H3;1H. The van der Waals surface area contributed by atoms with Crippen LogP contribution in [0, 0.1) is 0 Å². The Bertz CT molecular complexity index is 407. The second-order valence-corrected chi connectivity index (χ2v) is 4.97. The molecule has 0 aliphatic rings. The van der Waals surface area contributed by atoms with Crippen LogP contribution in [-0.4, -0.2) is 11.6 Å². The Morgan fingerprint density at radius 3 is 2.42 bits per heavy atom. The number of hydrogen-bond acceptors (Lipinski definition) is 4. The summed E-state index contributed by atoms with van der Waals surface area (Å²) in [6.45, 7) is 5.20. The Kier molecular flexibility index (Phi) is 7.59. The van der Waals surface area contributed by atoms with Crippen molar-refractivity contribution in [3.63, 3.8) is 0 Å². The SMILES string of the molecule is CCC(N)c1cc(Cl)cc(C(C)(C)O)c1.O=COF. The van der Waals surface area contributed by atoms with Gasteiger partial charge in [0, 0.05) is 15.6 Å². The molecule has 1 aromatic rings. The number of carbonyl (C=O) groups is 1. The molecule has 0 fully saturated rings. The van der Waals surface area contributed by atoms with Crippen molar-refractivity contribution in [3.05, 3.63) is 34.3 Å². The van der Waals surface area contributed by atoms with Gasteiger partial charge in [-0.15, -0.1) is 0 Å². The minimum Gasteiger partial charge on any atom is -0.386 e. The summed E-state index contributed by atoms with van der Waals surface area (Å²) >= 11 is 5.99. The quantitative estimate of drug-likeness (QED) is 0.836. The van der Waals surface area contributed by atoms with Crippen molar-refractivity contribution in [3.8, 4) is 0 Å². The van der Waals surface area contributed by atoms with E-state index in [1.54, 1.807) is 19.9 Å². The van der Waals surface area contributed by atoms with Crippen LogP contribution in [0.15, 0.2) is 18.2 Å². The maximum Gasteiger partial charge on any atom is 0.337 e.